The molecule has 0 aliphatic carbocycles. The van der Waals surface area contributed by atoms with Gasteiger partial charge in [-0.1, -0.05) is 12.8 Å². The average Bonchev–Trinajstić information content (AvgIpc) is 2.57. The fourth-order valence-corrected chi connectivity index (χ4v) is 1.89. The van der Waals surface area contributed by atoms with Gasteiger partial charge >= 0.3 is 5.97 Å². The van der Waals surface area contributed by atoms with Gasteiger partial charge in [0.15, 0.2) is 5.69 Å². The summed E-state index contributed by atoms with van der Waals surface area (Å²) in [4.78, 5) is 21.1. The number of aromatic nitrogens is 2. The maximum absolute atomic E-state index is 10.8. The van der Waals surface area contributed by atoms with Gasteiger partial charge in [-0.25, -0.2) is 14.8 Å². The summed E-state index contributed by atoms with van der Waals surface area (Å²) < 4.78 is 0. The molecule has 16 heavy (non-hydrogen) atoms. The fraction of sp³-hybridized carbons (Fsp3) is 0.545. The van der Waals surface area contributed by atoms with E-state index in [0.29, 0.717) is 5.95 Å². The van der Waals surface area contributed by atoms with Crippen molar-refractivity contribution >= 4 is 11.9 Å². The normalized spacial score (nSPS) is 16.9. The molecule has 5 heteroatoms. The van der Waals surface area contributed by atoms with Gasteiger partial charge in [-0.3, -0.25) is 0 Å². The van der Waals surface area contributed by atoms with Crippen LogP contribution >= 0.6 is 0 Å². The Bertz CT molecular complexity index is 373. The molecule has 1 fully saturated rings. The van der Waals surface area contributed by atoms with Crippen LogP contribution in [0.4, 0.5) is 5.95 Å². The predicted octanol–water partition coefficient (Wildman–Crippen LogP) is 1.56. The lowest BCUT2D eigenvalue weighted by atomic mass is 10.2. The van der Waals surface area contributed by atoms with Gasteiger partial charge in [-0.05, 0) is 18.9 Å². The number of nitrogens with zero attached hydrogens (tertiary/aromatic N) is 3. The second kappa shape index (κ2) is 4.92. The number of carboxylic acid groups (broad SMARTS) is 1. The van der Waals surface area contributed by atoms with Crippen LogP contribution in [0.3, 0.4) is 0 Å². The van der Waals surface area contributed by atoms with Crippen LogP contribution in [-0.4, -0.2) is 34.1 Å². The van der Waals surface area contributed by atoms with E-state index in [4.69, 9.17) is 5.11 Å². The maximum Gasteiger partial charge on any atom is 0.354 e. The van der Waals surface area contributed by atoms with Crippen LogP contribution in [-0.2, 0) is 0 Å². The van der Waals surface area contributed by atoms with Crippen molar-refractivity contribution in [3.05, 3.63) is 18.0 Å². The average molecular weight is 221 g/mol. The largest absolute Gasteiger partial charge is 0.477 e. The first-order valence-electron chi connectivity index (χ1n) is 5.58. The number of hydrogen-bond acceptors (Lipinski definition) is 4. The summed E-state index contributed by atoms with van der Waals surface area (Å²) in [6, 6.07) is 1.42. The molecule has 0 bridgehead atoms. The first-order chi connectivity index (χ1) is 7.77. The molecule has 86 valence electrons. The minimum atomic E-state index is -1.00. The van der Waals surface area contributed by atoms with Gasteiger partial charge in [0.2, 0.25) is 5.95 Å². The molecule has 0 unspecified atom stereocenters. The van der Waals surface area contributed by atoms with Crippen molar-refractivity contribution in [1.82, 2.24) is 9.97 Å². The molecule has 1 aromatic rings. The van der Waals surface area contributed by atoms with Crippen LogP contribution < -0.4 is 4.90 Å². The van der Waals surface area contributed by atoms with E-state index < -0.39 is 5.97 Å². The molecule has 1 saturated heterocycles. The van der Waals surface area contributed by atoms with Gasteiger partial charge in [-0.15, -0.1) is 0 Å². The van der Waals surface area contributed by atoms with Crippen molar-refractivity contribution in [2.45, 2.75) is 25.7 Å². The third-order valence-electron chi connectivity index (χ3n) is 2.75. The Hall–Kier alpha value is -1.65. The third-order valence-corrected chi connectivity index (χ3v) is 2.75. The Morgan fingerprint density at radius 2 is 1.94 bits per heavy atom. The van der Waals surface area contributed by atoms with E-state index in [2.05, 4.69) is 14.9 Å². The Morgan fingerprint density at radius 1 is 1.25 bits per heavy atom. The molecule has 0 saturated carbocycles. The number of anilines is 1. The molecule has 0 atom stereocenters. The number of carboxylic acids is 1. The summed E-state index contributed by atoms with van der Waals surface area (Å²) in [6.45, 7) is 1.84. The van der Waals surface area contributed by atoms with Gasteiger partial charge in [0.05, 0.1) is 0 Å². The van der Waals surface area contributed by atoms with Crippen molar-refractivity contribution < 1.29 is 9.90 Å². The molecule has 2 rings (SSSR count). The zero-order chi connectivity index (χ0) is 11.4. The van der Waals surface area contributed by atoms with Crippen LogP contribution in [0.1, 0.15) is 36.2 Å². The molecule has 1 aliphatic rings. The second-order valence-electron chi connectivity index (χ2n) is 3.95. The number of rotatable bonds is 2. The van der Waals surface area contributed by atoms with Crippen LogP contribution in [0.5, 0.6) is 0 Å². The Morgan fingerprint density at radius 3 is 2.56 bits per heavy atom. The highest BCUT2D eigenvalue weighted by molar-refractivity contribution is 5.85. The molecule has 1 N–H and O–H groups in total. The van der Waals surface area contributed by atoms with Gasteiger partial charge in [0, 0.05) is 19.3 Å². The first-order valence-corrected chi connectivity index (χ1v) is 5.58. The molecular formula is C11H15N3O2. The predicted molar refractivity (Wildman–Crippen MR) is 59.7 cm³/mol. The molecule has 1 aromatic heterocycles. The highest BCUT2D eigenvalue weighted by Gasteiger charge is 2.14. The van der Waals surface area contributed by atoms with E-state index in [1.807, 2.05) is 0 Å². The molecule has 0 amide bonds. The van der Waals surface area contributed by atoms with E-state index in [9.17, 15) is 4.79 Å². The molecule has 0 spiro atoms. The van der Waals surface area contributed by atoms with Gasteiger partial charge < -0.3 is 10.0 Å². The highest BCUT2D eigenvalue weighted by atomic mass is 16.4. The SMILES string of the molecule is O=C(O)c1ccnc(N2CCCCCC2)n1. The summed E-state index contributed by atoms with van der Waals surface area (Å²) in [5, 5.41) is 8.85. The van der Waals surface area contributed by atoms with E-state index in [1.54, 1.807) is 0 Å². The lowest BCUT2D eigenvalue weighted by Gasteiger charge is -2.19. The van der Waals surface area contributed by atoms with E-state index in [1.165, 1.54) is 25.1 Å². The van der Waals surface area contributed by atoms with Crippen LogP contribution in [0.2, 0.25) is 0 Å². The second-order valence-corrected chi connectivity index (χ2v) is 3.95. The summed E-state index contributed by atoms with van der Waals surface area (Å²) in [5.74, 6) is -0.458. The van der Waals surface area contributed by atoms with Crippen molar-refractivity contribution in [3.63, 3.8) is 0 Å². The number of carbonyl (C=O) groups is 1. The van der Waals surface area contributed by atoms with Crippen molar-refractivity contribution in [1.29, 1.82) is 0 Å². The number of aromatic carboxylic acids is 1. The monoisotopic (exact) mass is 221 g/mol. The molecular weight excluding hydrogens is 206 g/mol. The molecule has 2 heterocycles. The Labute approximate surface area is 94.1 Å². The first kappa shape index (κ1) is 10.9. The lowest BCUT2D eigenvalue weighted by Crippen LogP contribution is -2.26. The zero-order valence-electron chi connectivity index (χ0n) is 9.09. The maximum atomic E-state index is 10.8. The molecule has 0 radical (unpaired) electrons. The summed E-state index contributed by atoms with van der Waals surface area (Å²) in [5.41, 5.74) is 0.0641. The van der Waals surface area contributed by atoms with Gasteiger partial charge in [-0.2, -0.15) is 0 Å². The topological polar surface area (TPSA) is 66.3 Å². The van der Waals surface area contributed by atoms with Gasteiger partial charge in [0.1, 0.15) is 0 Å². The minimum absolute atomic E-state index is 0.0641. The molecule has 1 aliphatic heterocycles. The lowest BCUT2D eigenvalue weighted by molar-refractivity contribution is 0.0690. The standard InChI is InChI=1S/C11H15N3O2/c15-10(16)9-5-6-12-11(13-9)14-7-3-1-2-4-8-14/h5-6H,1-4,7-8H2,(H,15,16). The van der Waals surface area contributed by atoms with E-state index in [0.717, 1.165) is 25.9 Å². The summed E-state index contributed by atoms with van der Waals surface area (Å²) in [7, 11) is 0. The van der Waals surface area contributed by atoms with E-state index >= 15 is 0 Å². The van der Waals surface area contributed by atoms with E-state index in [-0.39, 0.29) is 5.69 Å². The number of hydrogen-bond donors (Lipinski definition) is 1. The molecule has 0 aromatic carbocycles. The van der Waals surface area contributed by atoms with Crippen molar-refractivity contribution in [3.8, 4) is 0 Å². The van der Waals surface area contributed by atoms with Gasteiger partial charge in [0.25, 0.3) is 0 Å². The fourth-order valence-electron chi connectivity index (χ4n) is 1.89. The van der Waals surface area contributed by atoms with Crippen molar-refractivity contribution in [2.24, 2.45) is 0 Å². The third kappa shape index (κ3) is 2.48. The zero-order valence-corrected chi connectivity index (χ0v) is 9.09. The van der Waals surface area contributed by atoms with Crippen LogP contribution in [0.25, 0.3) is 0 Å². The van der Waals surface area contributed by atoms with Crippen LogP contribution in [0.15, 0.2) is 12.3 Å². The Balaban J connectivity index is 2.18. The highest BCUT2D eigenvalue weighted by Crippen LogP contribution is 2.15. The summed E-state index contributed by atoms with van der Waals surface area (Å²) >= 11 is 0. The minimum Gasteiger partial charge on any atom is -0.477 e. The quantitative estimate of drug-likeness (QED) is 0.820. The Kier molecular flexibility index (Phi) is 3.34. The molecule has 5 nitrogen and oxygen atoms in total. The van der Waals surface area contributed by atoms with Crippen molar-refractivity contribution in [2.75, 3.05) is 18.0 Å². The smallest absolute Gasteiger partial charge is 0.354 e. The van der Waals surface area contributed by atoms with Crippen LogP contribution in [0, 0.1) is 0 Å². The summed E-state index contributed by atoms with van der Waals surface area (Å²) in [6.07, 6.45) is 6.22.